The normalized spacial score (nSPS) is 13.1. The van der Waals surface area contributed by atoms with Gasteiger partial charge in [0.15, 0.2) is 17.5 Å². The molecule has 204 valence electrons. The maximum Gasteiger partial charge on any atom is 0.164 e. The van der Waals surface area contributed by atoms with Crippen LogP contribution in [0.3, 0.4) is 0 Å². The Hall–Kier alpha value is -5.41. The van der Waals surface area contributed by atoms with E-state index in [1.807, 2.05) is 36.4 Å². The number of rotatable bonds is 4. The van der Waals surface area contributed by atoms with Gasteiger partial charge in [0.05, 0.1) is 0 Å². The van der Waals surface area contributed by atoms with Crippen LogP contribution in [0.5, 0.6) is 0 Å². The minimum Gasteiger partial charge on any atom is -0.208 e. The van der Waals surface area contributed by atoms with Crippen molar-refractivity contribution in [3.05, 3.63) is 151 Å². The second-order valence-corrected chi connectivity index (χ2v) is 11.7. The summed E-state index contributed by atoms with van der Waals surface area (Å²) in [5.41, 5.74) is 10.6. The second-order valence-electron chi connectivity index (χ2n) is 11.7. The monoisotopic (exact) mass is 551 g/mol. The zero-order valence-electron chi connectivity index (χ0n) is 24.1. The van der Waals surface area contributed by atoms with Crippen LogP contribution in [0, 0.1) is 0 Å². The Bertz CT molecular complexity index is 2130. The predicted molar refractivity (Wildman–Crippen MR) is 177 cm³/mol. The van der Waals surface area contributed by atoms with Gasteiger partial charge < -0.3 is 0 Å². The van der Waals surface area contributed by atoms with Gasteiger partial charge in [0.2, 0.25) is 0 Å². The maximum absolute atomic E-state index is 5.02. The first-order valence-corrected chi connectivity index (χ1v) is 14.7. The third-order valence-electron chi connectivity index (χ3n) is 8.72. The van der Waals surface area contributed by atoms with Gasteiger partial charge in [-0.3, -0.25) is 0 Å². The molecule has 0 aliphatic heterocycles. The van der Waals surface area contributed by atoms with Gasteiger partial charge in [-0.1, -0.05) is 135 Å². The SMILES string of the molecule is CC1(C)c2ccccc2-c2cc3cc(-c4nc(-c5ccccc5)nc(-c5ccc(-c6ccccc6)cc5)n4)ccc3cc21. The van der Waals surface area contributed by atoms with Gasteiger partial charge >= 0.3 is 0 Å². The number of hydrogen-bond donors (Lipinski definition) is 0. The molecular weight excluding hydrogens is 522 g/mol. The van der Waals surface area contributed by atoms with Crippen molar-refractivity contribution in [2.75, 3.05) is 0 Å². The minimum absolute atomic E-state index is 0.0253. The van der Waals surface area contributed by atoms with Crippen LogP contribution >= 0.6 is 0 Å². The van der Waals surface area contributed by atoms with Crippen molar-refractivity contribution >= 4 is 10.8 Å². The molecule has 0 atom stereocenters. The Morgan fingerprint density at radius 3 is 1.58 bits per heavy atom. The Balaban J connectivity index is 1.26. The van der Waals surface area contributed by atoms with Crippen LogP contribution in [0.1, 0.15) is 25.0 Å². The molecule has 0 spiro atoms. The smallest absolute Gasteiger partial charge is 0.164 e. The molecule has 43 heavy (non-hydrogen) atoms. The summed E-state index contributed by atoms with van der Waals surface area (Å²) < 4.78 is 0. The van der Waals surface area contributed by atoms with Crippen LogP contribution in [0.2, 0.25) is 0 Å². The van der Waals surface area contributed by atoms with Gasteiger partial charge in [0.1, 0.15) is 0 Å². The molecule has 6 aromatic carbocycles. The first-order valence-electron chi connectivity index (χ1n) is 14.7. The van der Waals surface area contributed by atoms with Gasteiger partial charge in [-0.25, -0.2) is 15.0 Å². The molecule has 0 unspecified atom stereocenters. The van der Waals surface area contributed by atoms with Crippen molar-refractivity contribution in [1.29, 1.82) is 0 Å². The molecule has 0 amide bonds. The Labute approximate surface area is 251 Å². The third kappa shape index (κ3) is 4.33. The van der Waals surface area contributed by atoms with Crippen molar-refractivity contribution in [2.24, 2.45) is 0 Å². The van der Waals surface area contributed by atoms with Crippen LogP contribution in [0.25, 0.3) is 67.2 Å². The first kappa shape index (κ1) is 25.3. The van der Waals surface area contributed by atoms with Gasteiger partial charge in [-0.15, -0.1) is 0 Å². The molecule has 0 N–H and O–H groups in total. The van der Waals surface area contributed by atoms with E-state index >= 15 is 0 Å². The lowest BCUT2D eigenvalue weighted by Gasteiger charge is -2.21. The van der Waals surface area contributed by atoms with Crippen molar-refractivity contribution in [3.63, 3.8) is 0 Å². The lowest BCUT2D eigenvalue weighted by atomic mass is 9.82. The summed E-state index contributed by atoms with van der Waals surface area (Å²) in [4.78, 5) is 14.9. The molecule has 1 aliphatic rings. The highest BCUT2D eigenvalue weighted by molar-refractivity contribution is 5.95. The van der Waals surface area contributed by atoms with Crippen LogP contribution in [-0.2, 0) is 5.41 Å². The number of hydrogen-bond acceptors (Lipinski definition) is 3. The molecule has 0 bridgehead atoms. The molecule has 1 heterocycles. The summed E-state index contributed by atoms with van der Waals surface area (Å²) in [6.07, 6.45) is 0. The van der Waals surface area contributed by atoms with Crippen molar-refractivity contribution in [2.45, 2.75) is 19.3 Å². The fourth-order valence-corrected chi connectivity index (χ4v) is 6.38. The zero-order chi connectivity index (χ0) is 29.0. The molecule has 7 aromatic rings. The predicted octanol–water partition coefficient (Wildman–Crippen LogP) is 10.00. The Morgan fingerprint density at radius 2 is 0.884 bits per heavy atom. The molecule has 0 saturated carbocycles. The molecule has 0 radical (unpaired) electrons. The van der Waals surface area contributed by atoms with Gasteiger partial charge in [0, 0.05) is 22.1 Å². The summed E-state index contributed by atoms with van der Waals surface area (Å²) in [6.45, 7) is 4.64. The highest BCUT2D eigenvalue weighted by Crippen LogP contribution is 2.49. The molecular formula is C40H29N3. The molecule has 8 rings (SSSR count). The van der Waals surface area contributed by atoms with E-state index in [4.69, 9.17) is 15.0 Å². The average Bonchev–Trinajstić information content (AvgIpc) is 3.29. The first-order chi connectivity index (χ1) is 21.0. The standard InChI is InChI=1S/C40H29N3/c1-40(2)35-16-10-9-15-33(35)34-24-32-23-31(22-21-30(32)25-36(34)40)39-42-37(28-13-7-4-8-14-28)41-38(43-39)29-19-17-27(18-20-29)26-11-5-3-6-12-26/h3-25H,1-2H3. The molecule has 3 heteroatoms. The molecule has 1 aliphatic carbocycles. The summed E-state index contributed by atoms with van der Waals surface area (Å²) in [5, 5.41) is 2.40. The van der Waals surface area contributed by atoms with Crippen LogP contribution in [0.4, 0.5) is 0 Å². The van der Waals surface area contributed by atoms with Gasteiger partial charge in [0.25, 0.3) is 0 Å². The van der Waals surface area contributed by atoms with Crippen molar-refractivity contribution in [3.8, 4) is 56.4 Å². The van der Waals surface area contributed by atoms with Crippen molar-refractivity contribution in [1.82, 2.24) is 15.0 Å². The second kappa shape index (κ2) is 9.85. The quantitative estimate of drug-likeness (QED) is 0.218. The third-order valence-corrected chi connectivity index (χ3v) is 8.72. The van der Waals surface area contributed by atoms with E-state index in [0.29, 0.717) is 17.5 Å². The van der Waals surface area contributed by atoms with E-state index in [1.54, 1.807) is 0 Å². The molecule has 0 fully saturated rings. The van der Waals surface area contributed by atoms with Gasteiger partial charge in [-0.2, -0.15) is 0 Å². The zero-order valence-corrected chi connectivity index (χ0v) is 24.1. The van der Waals surface area contributed by atoms with Crippen molar-refractivity contribution < 1.29 is 0 Å². The van der Waals surface area contributed by atoms with E-state index in [-0.39, 0.29) is 5.41 Å². The van der Waals surface area contributed by atoms with E-state index in [1.165, 1.54) is 38.6 Å². The molecule has 1 aromatic heterocycles. The van der Waals surface area contributed by atoms with Crippen LogP contribution < -0.4 is 0 Å². The fourth-order valence-electron chi connectivity index (χ4n) is 6.38. The van der Waals surface area contributed by atoms with Crippen LogP contribution in [-0.4, -0.2) is 15.0 Å². The van der Waals surface area contributed by atoms with Crippen LogP contribution in [0.15, 0.2) is 140 Å². The lowest BCUT2D eigenvalue weighted by molar-refractivity contribution is 0.661. The summed E-state index contributed by atoms with van der Waals surface area (Å²) >= 11 is 0. The maximum atomic E-state index is 5.02. The summed E-state index contributed by atoms with van der Waals surface area (Å²) in [5.74, 6) is 1.99. The Kier molecular flexibility index (Phi) is 5.80. The van der Waals surface area contributed by atoms with Gasteiger partial charge in [-0.05, 0) is 62.4 Å². The lowest BCUT2D eigenvalue weighted by Crippen LogP contribution is -2.14. The highest BCUT2D eigenvalue weighted by atomic mass is 15.0. The number of aromatic nitrogens is 3. The fraction of sp³-hybridized carbons (Fsp3) is 0.0750. The molecule has 0 saturated heterocycles. The van der Waals surface area contributed by atoms with E-state index in [2.05, 4.69) is 117 Å². The van der Waals surface area contributed by atoms with E-state index in [9.17, 15) is 0 Å². The average molecular weight is 552 g/mol. The summed E-state index contributed by atoms with van der Waals surface area (Å²) in [6, 6.07) is 49.0. The summed E-state index contributed by atoms with van der Waals surface area (Å²) in [7, 11) is 0. The molecule has 3 nitrogen and oxygen atoms in total. The van der Waals surface area contributed by atoms with E-state index < -0.39 is 0 Å². The number of fused-ring (bicyclic) bond motifs is 4. The van der Waals surface area contributed by atoms with E-state index in [0.717, 1.165) is 22.3 Å². The largest absolute Gasteiger partial charge is 0.208 e. The minimum atomic E-state index is -0.0253. The number of benzene rings is 6. The highest BCUT2D eigenvalue weighted by Gasteiger charge is 2.35. The topological polar surface area (TPSA) is 38.7 Å². The Morgan fingerprint density at radius 1 is 0.372 bits per heavy atom. The number of nitrogens with zero attached hydrogens (tertiary/aromatic N) is 3.